The highest BCUT2D eigenvalue weighted by atomic mass is 127. The average Bonchev–Trinajstić information content (AvgIpc) is 2.49. The van der Waals surface area contributed by atoms with E-state index in [-0.39, 0.29) is 17.1 Å². The van der Waals surface area contributed by atoms with Crippen molar-refractivity contribution in [3.8, 4) is 11.3 Å². The Morgan fingerprint density at radius 3 is 2.33 bits per heavy atom. The second-order valence-electron chi connectivity index (χ2n) is 2.81. The number of aromatic nitrogens is 1. The van der Waals surface area contributed by atoms with Crippen molar-refractivity contribution >= 4 is 28.4 Å². The number of benzene rings is 1. The summed E-state index contributed by atoms with van der Waals surface area (Å²) in [5.41, 5.74) is 5.18. The number of rotatable bonds is 1. The first-order valence-electron chi connectivity index (χ1n) is 3.96. The first kappa shape index (κ1) is 10.3. The molecule has 0 amide bonds. The molecule has 0 aliphatic heterocycles. The van der Waals surface area contributed by atoms with Crippen molar-refractivity contribution in [2.45, 2.75) is 0 Å². The summed E-state index contributed by atoms with van der Waals surface area (Å²) in [5.74, 6) is -1.27. The van der Waals surface area contributed by atoms with Crippen molar-refractivity contribution in [2.75, 3.05) is 5.73 Å². The summed E-state index contributed by atoms with van der Waals surface area (Å²) in [6.07, 6.45) is 0. The predicted octanol–water partition coefficient (Wildman–Crippen LogP) is 2.81. The maximum Gasteiger partial charge on any atom is 0.188 e. The molecule has 2 rings (SSSR count). The predicted molar refractivity (Wildman–Crippen MR) is 59.0 cm³/mol. The van der Waals surface area contributed by atoms with Crippen LogP contribution in [0.2, 0.25) is 0 Å². The average molecular weight is 322 g/mol. The molecular formula is C9H5F2IN2O. The van der Waals surface area contributed by atoms with Gasteiger partial charge >= 0.3 is 0 Å². The second kappa shape index (κ2) is 3.76. The number of nitrogens with two attached hydrogens (primary N) is 1. The SMILES string of the molecule is Nc1noc(-c2c(F)cccc2F)c1I. The van der Waals surface area contributed by atoms with E-state index < -0.39 is 11.6 Å². The quantitative estimate of drug-likeness (QED) is 0.822. The minimum atomic E-state index is -0.705. The van der Waals surface area contributed by atoms with E-state index in [4.69, 9.17) is 10.3 Å². The molecular weight excluding hydrogens is 317 g/mol. The smallest absolute Gasteiger partial charge is 0.188 e. The van der Waals surface area contributed by atoms with Gasteiger partial charge in [-0.1, -0.05) is 11.2 Å². The fourth-order valence-electron chi connectivity index (χ4n) is 1.16. The van der Waals surface area contributed by atoms with Gasteiger partial charge in [-0.3, -0.25) is 0 Å². The van der Waals surface area contributed by atoms with Crippen molar-refractivity contribution in [2.24, 2.45) is 0 Å². The van der Waals surface area contributed by atoms with E-state index in [9.17, 15) is 8.78 Å². The number of nitrogens with zero attached hydrogens (tertiary/aromatic N) is 1. The number of nitrogen functional groups attached to an aromatic ring is 1. The highest BCUT2D eigenvalue weighted by Gasteiger charge is 2.20. The lowest BCUT2D eigenvalue weighted by molar-refractivity contribution is 0.429. The Morgan fingerprint density at radius 1 is 1.27 bits per heavy atom. The Balaban J connectivity index is 2.69. The third-order valence-corrected chi connectivity index (χ3v) is 2.89. The number of hydrogen-bond donors (Lipinski definition) is 1. The van der Waals surface area contributed by atoms with Crippen LogP contribution in [0.1, 0.15) is 0 Å². The van der Waals surface area contributed by atoms with Gasteiger partial charge in [0.25, 0.3) is 0 Å². The van der Waals surface area contributed by atoms with Gasteiger partial charge < -0.3 is 10.3 Å². The maximum atomic E-state index is 13.4. The molecule has 2 aromatic rings. The van der Waals surface area contributed by atoms with Crippen LogP contribution >= 0.6 is 22.6 Å². The largest absolute Gasteiger partial charge is 0.380 e. The van der Waals surface area contributed by atoms with Gasteiger partial charge in [0.1, 0.15) is 15.2 Å². The van der Waals surface area contributed by atoms with Crippen LogP contribution in [-0.4, -0.2) is 5.16 Å². The van der Waals surface area contributed by atoms with Crippen molar-refractivity contribution in [1.82, 2.24) is 5.16 Å². The van der Waals surface area contributed by atoms with Gasteiger partial charge in [-0.2, -0.15) is 0 Å². The molecule has 78 valence electrons. The lowest BCUT2D eigenvalue weighted by Crippen LogP contribution is -1.91. The van der Waals surface area contributed by atoms with Crippen LogP contribution in [-0.2, 0) is 0 Å². The van der Waals surface area contributed by atoms with Gasteiger partial charge in [-0.25, -0.2) is 8.78 Å². The molecule has 0 radical (unpaired) electrons. The normalized spacial score (nSPS) is 10.6. The van der Waals surface area contributed by atoms with E-state index in [0.717, 1.165) is 12.1 Å². The van der Waals surface area contributed by atoms with E-state index in [1.807, 2.05) is 22.6 Å². The van der Waals surface area contributed by atoms with E-state index in [1.54, 1.807) is 0 Å². The summed E-state index contributed by atoms with van der Waals surface area (Å²) in [6, 6.07) is 3.57. The molecule has 0 aliphatic rings. The summed E-state index contributed by atoms with van der Waals surface area (Å²) in [4.78, 5) is 0. The van der Waals surface area contributed by atoms with Crippen molar-refractivity contribution in [1.29, 1.82) is 0 Å². The standard InChI is InChI=1S/C9H5F2IN2O/c10-4-2-1-3-5(11)6(4)8-7(12)9(13)14-15-8/h1-3H,(H2,13,14). The van der Waals surface area contributed by atoms with E-state index in [0.29, 0.717) is 3.57 Å². The number of halogens is 3. The summed E-state index contributed by atoms with van der Waals surface area (Å²) < 4.78 is 31.9. The van der Waals surface area contributed by atoms with Gasteiger partial charge in [-0.15, -0.1) is 0 Å². The van der Waals surface area contributed by atoms with E-state index >= 15 is 0 Å². The Kier molecular flexibility index (Phi) is 2.59. The van der Waals surface area contributed by atoms with Crippen LogP contribution in [0, 0.1) is 15.2 Å². The molecule has 1 aromatic carbocycles. The Hall–Kier alpha value is -1.18. The lowest BCUT2D eigenvalue weighted by atomic mass is 10.1. The molecule has 6 heteroatoms. The molecule has 1 heterocycles. The molecule has 0 spiro atoms. The summed E-state index contributed by atoms with van der Waals surface area (Å²) in [5, 5.41) is 3.44. The van der Waals surface area contributed by atoms with E-state index in [2.05, 4.69) is 5.16 Å². The Labute approximate surface area is 97.4 Å². The van der Waals surface area contributed by atoms with Crippen LogP contribution in [0.4, 0.5) is 14.6 Å². The summed E-state index contributed by atoms with van der Waals surface area (Å²) in [7, 11) is 0. The topological polar surface area (TPSA) is 52.0 Å². The van der Waals surface area contributed by atoms with Crippen LogP contribution in [0.25, 0.3) is 11.3 Å². The minimum absolute atomic E-state index is 0.0173. The number of anilines is 1. The van der Waals surface area contributed by atoms with Crippen LogP contribution in [0.5, 0.6) is 0 Å². The van der Waals surface area contributed by atoms with Gasteiger partial charge in [0, 0.05) is 0 Å². The summed E-state index contributed by atoms with van der Waals surface area (Å²) in [6.45, 7) is 0. The molecule has 0 fully saturated rings. The molecule has 1 aromatic heterocycles. The number of hydrogen-bond acceptors (Lipinski definition) is 3. The highest BCUT2D eigenvalue weighted by Crippen LogP contribution is 2.32. The minimum Gasteiger partial charge on any atom is -0.380 e. The fourth-order valence-corrected chi connectivity index (χ4v) is 1.63. The molecule has 0 unspecified atom stereocenters. The first-order chi connectivity index (χ1) is 7.11. The van der Waals surface area contributed by atoms with Gasteiger partial charge in [0.2, 0.25) is 0 Å². The molecule has 0 atom stereocenters. The molecule has 0 aliphatic carbocycles. The molecule has 0 saturated heterocycles. The van der Waals surface area contributed by atoms with Gasteiger partial charge in [0.15, 0.2) is 11.6 Å². The summed E-state index contributed by atoms with van der Waals surface area (Å²) >= 11 is 1.82. The molecule has 2 N–H and O–H groups in total. The maximum absolute atomic E-state index is 13.4. The molecule has 0 bridgehead atoms. The zero-order valence-corrected chi connectivity index (χ0v) is 9.46. The molecule has 3 nitrogen and oxygen atoms in total. The zero-order chi connectivity index (χ0) is 11.0. The second-order valence-corrected chi connectivity index (χ2v) is 3.89. The monoisotopic (exact) mass is 322 g/mol. The highest BCUT2D eigenvalue weighted by molar-refractivity contribution is 14.1. The van der Waals surface area contributed by atoms with Crippen LogP contribution < -0.4 is 5.73 Å². The lowest BCUT2D eigenvalue weighted by Gasteiger charge is -2.00. The third-order valence-electron chi connectivity index (χ3n) is 1.85. The van der Waals surface area contributed by atoms with Gasteiger partial charge in [0.05, 0.1) is 5.56 Å². The van der Waals surface area contributed by atoms with Crippen molar-refractivity contribution in [3.63, 3.8) is 0 Å². The first-order valence-corrected chi connectivity index (χ1v) is 5.04. The Bertz CT molecular complexity index is 493. The van der Waals surface area contributed by atoms with Crippen molar-refractivity contribution in [3.05, 3.63) is 33.4 Å². The third kappa shape index (κ3) is 1.69. The molecule has 0 saturated carbocycles. The van der Waals surface area contributed by atoms with Gasteiger partial charge in [-0.05, 0) is 34.7 Å². The van der Waals surface area contributed by atoms with E-state index in [1.165, 1.54) is 6.07 Å². The Morgan fingerprint density at radius 2 is 1.87 bits per heavy atom. The van der Waals surface area contributed by atoms with Crippen molar-refractivity contribution < 1.29 is 13.3 Å². The fraction of sp³-hybridized carbons (Fsp3) is 0. The molecule has 15 heavy (non-hydrogen) atoms. The van der Waals surface area contributed by atoms with Crippen LogP contribution in [0.15, 0.2) is 22.7 Å². The zero-order valence-electron chi connectivity index (χ0n) is 7.30. The van der Waals surface area contributed by atoms with Crippen LogP contribution in [0.3, 0.4) is 0 Å².